The average molecular weight is 362 g/mol. The van der Waals surface area contributed by atoms with Gasteiger partial charge in [0.25, 0.3) is 0 Å². The van der Waals surface area contributed by atoms with E-state index in [1.165, 1.54) is 0 Å². The number of nitrogens with one attached hydrogen (secondary N) is 1. The summed E-state index contributed by atoms with van der Waals surface area (Å²) in [6, 6.07) is 20.1. The van der Waals surface area contributed by atoms with Crippen LogP contribution in [0.1, 0.15) is 17.0 Å². The number of rotatable bonds is 7. The summed E-state index contributed by atoms with van der Waals surface area (Å²) in [5, 5.41) is 7.63. The lowest BCUT2D eigenvalue weighted by Crippen LogP contribution is -2.33. The van der Waals surface area contributed by atoms with Crippen molar-refractivity contribution in [2.75, 3.05) is 25.0 Å². The van der Waals surface area contributed by atoms with E-state index >= 15 is 0 Å². The van der Waals surface area contributed by atoms with Gasteiger partial charge in [0.05, 0.1) is 17.8 Å². The molecular weight excluding hydrogens is 336 g/mol. The Labute approximate surface area is 160 Å². The molecule has 0 aliphatic carbocycles. The summed E-state index contributed by atoms with van der Waals surface area (Å²) >= 11 is 0. The van der Waals surface area contributed by atoms with Crippen molar-refractivity contribution in [2.24, 2.45) is 0 Å². The number of aromatic nitrogens is 2. The Bertz CT molecular complexity index is 887. The van der Waals surface area contributed by atoms with Crippen molar-refractivity contribution in [1.82, 2.24) is 15.1 Å². The fraction of sp³-hybridized carbons (Fsp3) is 0.273. The number of nitrogens with zero attached hydrogens (tertiary/aromatic N) is 3. The number of aryl methyl sites for hydroxylation is 1. The molecule has 3 aromatic rings. The highest BCUT2D eigenvalue weighted by atomic mass is 16.1. The van der Waals surface area contributed by atoms with Crippen LogP contribution in [0.2, 0.25) is 0 Å². The van der Waals surface area contributed by atoms with Crippen LogP contribution in [-0.2, 0) is 11.2 Å². The second kappa shape index (κ2) is 8.54. The summed E-state index contributed by atoms with van der Waals surface area (Å²) < 4.78 is 1.90. The molecule has 0 radical (unpaired) electrons. The van der Waals surface area contributed by atoms with Crippen molar-refractivity contribution in [2.45, 2.75) is 20.3 Å². The highest BCUT2D eigenvalue weighted by Crippen LogP contribution is 2.18. The summed E-state index contributed by atoms with van der Waals surface area (Å²) in [4.78, 5) is 14.5. The van der Waals surface area contributed by atoms with E-state index in [0.29, 0.717) is 13.0 Å². The van der Waals surface area contributed by atoms with Crippen LogP contribution in [-0.4, -0.2) is 35.8 Å². The van der Waals surface area contributed by atoms with Crippen molar-refractivity contribution in [3.63, 3.8) is 0 Å². The molecule has 0 saturated heterocycles. The quantitative estimate of drug-likeness (QED) is 0.702. The molecule has 0 aliphatic rings. The van der Waals surface area contributed by atoms with Crippen LogP contribution in [0.15, 0.2) is 60.7 Å². The molecule has 0 spiro atoms. The number of anilines is 1. The second-order valence-corrected chi connectivity index (χ2v) is 6.68. The Hall–Kier alpha value is -3.08. The van der Waals surface area contributed by atoms with Crippen molar-refractivity contribution >= 4 is 11.6 Å². The van der Waals surface area contributed by atoms with Gasteiger partial charge in [0.15, 0.2) is 0 Å². The normalized spacial score (nSPS) is 10.6. The summed E-state index contributed by atoms with van der Waals surface area (Å²) in [7, 11) is 2.03. The summed E-state index contributed by atoms with van der Waals surface area (Å²) in [5.41, 5.74) is 5.05. The number of likely N-dealkylation sites (N-methyl/N-ethyl adjacent to an activating group) is 1. The molecule has 0 bridgehead atoms. The van der Waals surface area contributed by atoms with Gasteiger partial charge < -0.3 is 10.2 Å². The number of amides is 1. The average Bonchev–Trinajstić information content (AvgIpc) is 2.97. The van der Waals surface area contributed by atoms with Crippen molar-refractivity contribution in [3.05, 3.63) is 77.6 Å². The van der Waals surface area contributed by atoms with Gasteiger partial charge in [-0.25, -0.2) is 4.68 Å². The van der Waals surface area contributed by atoms with Crippen LogP contribution in [0.5, 0.6) is 0 Å². The monoisotopic (exact) mass is 362 g/mol. The molecular formula is C22H26N4O. The first-order chi connectivity index (χ1) is 13.1. The Balaban J connectivity index is 1.58. The fourth-order valence-electron chi connectivity index (χ4n) is 3.15. The smallest absolute Gasteiger partial charge is 0.224 e. The zero-order valence-electron chi connectivity index (χ0n) is 16.1. The van der Waals surface area contributed by atoms with Gasteiger partial charge in [-0.2, -0.15) is 5.10 Å². The Morgan fingerprint density at radius 3 is 2.33 bits per heavy atom. The molecule has 0 saturated carbocycles. The highest BCUT2D eigenvalue weighted by molar-refractivity contribution is 5.79. The number of benzene rings is 2. The minimum Gasteiger partial charge on any atom is -0.373 e. The zero-order valence-corrected chi connectivity index (χ0v) is 16.1. The van der Waals surface area contributed by atoms with Crippen LogP contribution < -0.4 is 10.2 Å². The maximum atomic E-state index is 12.4. The molecule has 0 unspecified atom stereocenters. The number of hydrogen-bond donors (Lipinski definition) is 1. The van der Waals surface area contributed by atoms with E-state index in [1.807, 2.05) is 74.1 Å². The number of carbonyl (C=O) groups excluding carboxylic acids is 1. The highest BCUT2D eigenvalue weighted by Gasteiger charge is 2.15. The molecule has 0 aliphatic heterocycles. The van der Waals surface area contributed by atoms with E-state index in [1.54, 1.807) is 0 Å². The van der Waals surface area contributed by atoms with Crippen molar-refractivity contribution in [1.29, 1.82) is 0 Å². The predicted octanol–water partition coefficient (Wildman–Crippen LogP) is 3.28. The molecule has 2 aromatic carbocycles. The minimum absolute atomic E-state index is 0.0234. The first kappa shape index (κ1) is 18.7. The van der Waals surface area contributed by atoms with Gasteiger partial charge in [0, 0.05) is 37.1 Å². The minimum atomic E-state index is 0.0234. The van der Waals surface area contributed by atoms with Gasteiger partial charge in [-0.05, 0) is 38.1 Å². The van der Waals surface area contributed by atoms with Crippen LogP contribution in [0.4, 0.5) is 5.69 Å². The Kier molecular flexibility index (Phi) is 5.91. The van der Waals surface area contributed by atoms with Gasteiger partial charge in [-0.3, -0.25) is 4.79 Å². The van der Waals surface area contributed by atoms with E-state index in [4.69, 9.17) is 0 Å². The van der Waals surface area contributed by atoms with E-state index in [9.17, 15) is 4.79 Å². The van der Waals surface area contributed by atoms with Gasteiger partial charge >= 0.3 is 0 Å². The Morgan fingerprint density at radius 1 is 1.04 bits per heavy atom. The third-order valence-corrected chi connectivity index (χ3v) is 4.75. The summed E-state index contributed by atoms with van der Waals surface area (Å²) in [6.45, 7) is 5.34. The number of hydrogen-bond acceptors (Lipinski definition) is 3. The predicted molar refractivity (Wildman–Crippen MR) is 109 cm³/mol. The Morgan fingerprint density at radius 2 is 1.67 bits per heavy atom. The van der Waals surface area contributed by atoms with E-state index < -0.39 is 0 Å². The summed E-state index contributed by atoms with van der Waals surface area (Å²) in [5.74, 6) is 0.0234. The summed E-state index contributed by atoms with van der Waals surface area (Å²) in [6.07, 6.45) is 0.347. The molecule has 3 rings (SSSR count). The largest absolute Gasteiger partial charge is 0.373 e. The SMILES string of the molecule is Cc1nn(-c2ccccc2)c(C)c1CC(=O)NCCN(C)c1ccccc1. The molecule has 27 heavy (non-hydrogen) atoms. The lowest BCUT2D eigenvalue weighted by Gasteiger charge is -2.19. The standard InChI is InChI=1S/C22H26N4O/c1-17-21(18(2)26(24-17)20-12-8-5-9-13-20)16-22(27)23-14-15-25(3)19-10-6-4-7-11-19/h4-13H,14-16H2,1-3H3,(H,23,27). The first-order valence-electron chi connectivity index (χ1n) is 9.19. The topological polar surface area (TPSA) is 50.2 Å². The van der Waals surface area contributed by atoms with Gasteiger partial charge in [0.1, 0.15) is 0 Å². The lowest BCUT2D eigenvalue weighted by atomic mass is 10.1. The lowest BCUT2D eigenvalue weighted by molar-refractivity contribution is -0.120. The molecule has 5 heteroatoms. The first-order valence-corrected chi connectivity index (χ1v) is 9.19. The maximum Gasteiger partial charge on any atom is 0.224 e. The molecule has 1 aromatic heterocycles. The van der Waals surface area contributed by atoms with Crippen LogP contribution >= 0.6 is 0 Å². The molecule has 5 nitrogen and oxygen atoms in total. The van der Waals surface area contributed by atoms with Crippen molar-refractivity contribution in [3.8, 4) is 5.69 Å². The second-order valence-electron chi connectivity index (χ2n) is 6.68. The molecule has 1 amide bonds. The molecule has 140 valence electrons. The van der Waals surface area contributed by atoms with Gasteiger partial charge in [0.2, 0.25) is 5.91 Å². The fourth-order valence-corrected chi connectivity index (χ4v) is 3.15. The van der Waals surface area contributed by atoms with Gasteiger partial charge in [-0.1, -0.05) is 36.4 Å². The maximum absolute atomic E-state index is 12.4. The number of para-hydroxylation sites is 2. The molecule has 1 N–H and O–H groups in total. The zero-order chi connectivity index (χ0) is 19.2. The van der Waals surface area contributed by atoms with E-state index in [-0.39, 0.29) is 5.91 Å². The molecule has 0 fully saturated rings. The number of carbonyl (C=O) groups is 1. The molecule has 0 atom stereocenters. The van der Waals surface area contributed by atoms with Crippen LogP contribution in [0, 0.1) is 13.8 Å². The third kappa shape index (κ3) is 4.56. The van der Waals surface area contributed by atoms with Crippen LogP contribution in [0.3, 0.4) is 0 Å². The van der Waals surface area contributed by atoms with Gasteiger partial charge in [-0.15, -0.1) is 0 Å². The third-order valence-electron chi connectivity index (χ3n) is 4.75. The van der Waals surface area contributed by atoms with E-state index in [0.717, 1.165) is 34.9 Å². The molecule has 1 heterocycles. The van der Waals surface area contributed by atoms with Crippen molar-refractivity contribution < 1.29 is 4.79 Å². The van der Waals surface area contributed by atoms with E-state index in [2.05, 4.69) is 27.4 Å². The van der Waals surface area contributed by atoms with Crippen LogP contribution in [0.25, 0.3) is 5.69 Å².